The zero-order chi connectivity index (χ0) is 14.0. The second kappa shape index (κ2) is 4.94. The molecule has 2 rings (SSSR count). The van der Waals surface area contributed by atoms with E-state index in [1.807, 2.05) is 0 Å². The molecule has 1 aromatic carbocycles. The quantitative estimate of drug-likeness (QED) is 0.900. The molecule has 0 saturated carbocycles. The molecule has 0 aliphatic heterocycles. The van der Waals surface area contributed by atoms with E-state index in [1.165, 1.54) is 23.1 Å². The Kier molecular flexibility index (Phi) is 3.50. The van der Waals surface area contributed by atoms with Gasteiger partial charge in [-0.15, -0.1) is 0 Å². The molecule has 0 radical (unpaired) electrons. The number of carbonyl (C=O) groups is 1. The number of carboxylic acid groups (broad SMARTS) is 1. The fourth-order valence-corrected chi connectivity index (χ4v) is 2.77. The van der Waals surface area contributed by atoms with Crippen molar-refractivity contribution in [3.8, 4) is 0 Å². The van der Waals surface area contributed by atoms with Gasteiger partial charge in [0.15, 0.2) is 0 Å². The fourth-order valence-electron chi connectivity index (χ4n) is 1.42. The highest BCUT2D eigenvalue weighted by Gasteiger charge is 2.17. The second-order valence-electron chi connectivity index (χ2n) is 3.63. The number of sulfonamides is 1. The van der Waals surface area contributed by atoms with E-state index in [9.17, 15) is 13.2 Å². The van der Waals surface area contributed by atoms with Gasteiger partial charge in [-0.1, -0.05) is 11.6 Å². The third-order valence-corrected chi connectivity index (χ3v) is 3.95. The molecule has 100 valence electrons. The Morgan fingerprint density at radius 2 is 1.89 bits per heavy atom. The van der Waals surface area contributed by atoms with E-state index in [0.29, 0.717) is 0 Å². The maximum Gasteiger partial charge on any atom is 0.337 e. The van der Waals surface area contributed by atoms with Crippen molar-refractivity contribution in [1.29, 1.82) is 0 Å². The summed E-state index contributed by atoms with van der Waals surface area (Å²) in [5, 5.41) is 8.68. The maximum absolute atomic E-state index is 12.0. The summed E-state index contributed by atoms with van der Waals surface area (Å²) in [5.41, 5.74) is -0.151. The molecular formula is C11H9ClN2O4S. The molecule has 0 fully saturated rings. The first kappa shape index (κ1) is 13.4. The van der Waals surface area contributed by atoms with Crippen LogP contribution in [-0.2, 0) is 10.0 Å². The van der Waals surface area contributed by atoms with Crippen LogP contribution in [0.1, 0.15) is 10.4 Å². The van der Waals surface area contributed by atoms with Gasteiger partial charge in [0.2, 0.25) is 0 Å². The largest absolute Gasteiger partial charge is 0.478 e. The predicted molar refractivity (Wildman–Crippen MR) is 69.4 cm³/mol. The van der Waals surface area contributed by atoms with E-state index in [2.05, 4.69) is 4.83 Å². The number of rotatable bonds is 4. The molecule has 0 aliphatic rings. The third-order valence-electron chi connectivity index (χ3n) is 2.31. The fraction of sp³-hybridized carbons (Fsp3) is 0. The molecule has 1 heterocycles. The Labute approximate surface area is 114 Å². The molecule has 6 nitrogen and oxygen atoms in total. The molecular weight excluding hydrogens is 292 g/mol. The topological polar surface area (TPSA) is 88.4 Å². The average molecular weight is 301 g/mol. The molecule has 8 heteroatoms. The minimum absolute atomic E-state index is 0.115. The summed E-state index contributed by atoms with van der Waals surface area (Å²) in [6.45, 7) is 0. The number of carboxylic acids is 1. The molecule has 0 saturated heterocycles. The molecule has 2 aromatic rings. The number of aromatic carboxylic acids is 1. The first-order valence-corrected chi connectivity index (χ1v) is 6.95. The lowest BCUT2D eigenvalue weighted by atomic mass is 10.2. The van der Waals surface area contributed by atoms with E-state index >= 15 is 0 Å². The Hall–Kier alpha value is -1.99. The lowest BCUT2D eigenvalue weighted by molar-refractivity contribution is 0.0697. The van der Waals surface area contributed by atoms with Gasteiger partial charge in [0.25, 0.3) is 10.0 Å². The van der Waals surface area contributed by atoms with Crippen molar-refractivity contribution in [2.75, 3.05) is 4.83 Å². The average Bonchev–Trinajstić information content (AvgIpc) is 2.80. The van der Waals surface area contributed by atoms with Gasteiger partial charge in [0, 0.05) is 12.4 Å². The minimum Gasteiger partial charge on any atom is -0.478 e. The smallest absolute Gasteiger partial charge is 0.337 e. The summed E-state index contributed by atoms with van der Waals surface area (Å²) >= 11 is 5.73. The van der Waals surface area contributed by atoms with Gasteiger partial charge in [-0.3, -0.25) is 4.68 Å². The van der Waals surface area contributed by atoms with Gasteiger partial charge < -0.3 is 5.11 Å². The van der Waals surface area contributed by atoms with Crippen molar-refractivity contribution >= 4 is 27.6 Å². The van der Waals surface area contributed by atoms with Gasteiger partial charge in [0.1, 0.15) is 0 Å². The van der Waals surface area contributed by atoms with Crippen molar-refractivity contribution in [3.05, 3.63) is 53.3 Å². The van der Waals surface area contributed by atoms with Gasteiger partial charge in [0.05, 0.1) is 15.5 Å². The first-order valence-electron chi connectivity index (χ1n) is 5.09. The normalized spacial score (nSPS) is 11.2. The molecule has 0 unspecified atom stereocenters. The first-order chi connectivity index (χ1) is 8.90. The highest BCUT2D eigenvalue weighted by Crippen LogP contribution is 2.21. The summed E-state index contributed by atoms with van der Waals surface area (Å²) in [4.78, 5) is 12.9. The van der Waals surface area contributed by atoms with Crippen LogP contribution in [0.4, 0.5) is 0 Å². The molecule has 0 spiro atoms. The predicted octanol–water partition coefficient (Wildman–Crippen LogP) is 1.77. The summed E-state index contributed by atoms with van der Waals surface area (Å²) in [7, 11) is -3.81. The van der Waals surface area contributed by atoms with Crippen molar-refractivity contribution in [2.45, 2.75) is 4.90 Å². The van der Waals surface area contributed by atoms with E-state index < -0.39 is 16.0 Å². The Morgan fingerprint density at radius 3 is 2.42 bits per heavy atom. The van der Waals surface area contributed by atoms with Crippen LogP contribution in [0.2, 0.25) is 5.02 Å². The molecule has 1 aromatic heterocycles. The number of aromatic nitrogens is 1. The molecule has 0 bridgehead atoms. The van der Waals surface area contributed by atoms with Crippen molar-refractivity contribution < 1.29 is 18.3 Å². The Bertz CT molecular complexity index is 710. The third kappa shape index (κ3) is 2.88. The molecule has 2 N–H and O–H groups in total. The summed E-state index contributed by atoms with van der Waals surface area (Å²) in [6.07, 6.45) is 3.04. The zero-order valence-corrected chi connectivity index (χ0v) is 11.0. The second-order valence-corrected chi connectivity index (χ2v) is 5.70. The van der Waals surface area contributed by atoms with Crippen molar-refractivity contribution in [3.63, 3.8) is 0 Å². The summed E-state index contributed by atoms with van der Waals surface area (Å²) in [5.74, 6) is -1.22. The number of nitrogens with one attached hydrogen (secondary N) is 1. The summed E-state index contributed by atoms with van der Waals surface area (Å²) < 4.78 is 25.2. The van der Waals surface area contributed by atoms with Crippen LogP contribution in [0.25, 0.3) is 0 Å². The maximum atomic E-state index is 12.0. The Balaban J connectivity index is 2.36. The molecule has 0 aliphatic carbocycles. The van der Waals surface area contributed by atoms with Gasteiger partial charge >= 0.3 is 5.97 Å². The highest BCUT2D eigenvalue weighted by molar-refractivity contribution is 7.92. The van der Waals surface area contributed by atoms with E-state index in [-0.39, 0.29) is 15.5 Å². The minimum atomic E-state index is -3.81. The van der Waals surface area contributed by atoms with Gasteiger partial charge in [-0.25, -0.2) is 9.63 Å². The Morgan fingerprint density at radius 1 is 1.26 bits per heavy atom. The van der Waals surface area contributed by atoms with E-state index in [0.717, 1.165) is 12.1 Å². The molecule has 0 atom stereocenters. The van der Waals surface area contributed by atoms with E-state index in [4.69, 9.17) is 16.7 Å². The van der Waals surface area contributed by atoms with Gasteiger partial charge in [-0.05, 0) is 30.3 Å². The monoisotopic (exact) mass is 300 g/mol. The van der Waals surface area contributed by atoms with Crippen LogP contribution in [-0.4, -0.2) is 24.2 Å². The standard InChI is InChI=1S/C11H9ClN2O4S/c12-10-7-8(3-4-9(10)11(15)16)19(17,18)13-14-5-1-2-6-14/h1-7,13H,(H,15,16). The molecule has 19 heavy (non-hydrogen) atoms. The molecule has 0 amide bonds. The number of hydrogen-bond donors (Lipinski definition) is 2. The number of nitrogens with zero attached hydrogens (tertiary/aromatic N) is 1. The highest BCUT2D eigenvalue weighted by atomic mass is 35.5. The van der Waals surface area contributed by atoms with Crippen LogP contribution in [0.15, 0.2) is 47.6 Å². The van der Waals surface area contributed by atoms with Crippen LogP contribution in [0, 0.1) is 0 Å². The number of halogens is 1. The van der Waals surface area contributed by atoms with E-state index in [1.54, 1.807) is 12.1 Å². The number of benzene rings is 1. The lowest BCUT2D eigenvalue weighted by Gasteiger charge is -2.09. The zero-order valence-electron chi connectivity index (χ0n) is 9.45. The SMILES string of the molecule is O=C(O)c1ccc(S(=O)(=O)Nn2cccc2)cc1Cl. The van der Waals surface area contributed by atoms with Crippen LogP contribution < -0.4 is 4.83 Å². The summed E-state index contributed by atoms with van der Waals surface area (Å²) in [6, 6.07) is 6.74. The lowest BCUT2D eigenvalue weighted by Crippen LogP contribution is -2.21. The van der Waals surface area contributed by atoms with Crippen LogP contribution >= 0.6 is 11.6 Å². The van der Waals surface area contributed by atoms with Crippen LogP contribution in [0.5, 0.6) is 0 Å². The number of hydrogen-bond acceptors (Lipinski definition) is 3. The van der Waals surface area contributed by atoms with Gasteiger partial charge in [-0.2, -0.15) is 8.42 Å². The van der Waals surface area contributed by atoms with Crippen LogP contribution in [0.3, 0.4) is 0 Å². The van der Waals surface area contributed by atoms with Crippen molar-refractivity contribution in [1.82, 2.24) is 4.68 Å². The van der Waals surface area contributed by atoms with Crippen molar-refractivity contribution in [2.24, 2.45) is 0 Å².